The van der Waals surface area contributed by atoms with Gasteiger partial charge in [-0.15, -0.1) is 0 Å². The third kappa shape index (κ3) is 8.80. The summed E-state index contributed by atoms with van der Waals surface area (Å²) in [7, 11) is -10.3. The number of thioether (sulfide) groups is 2. The standard InChI is InChI=1S/C12H26N2O7S5/c1-22-7-5-9(13)11(15)20-24(17)25(18)26(3,4,19)21-12(16)10(14)6-8-23-2/h9-10H,5-8,13-14H2,1-4H3/t9-,10-,24?,25?/m0/s1. The average molecular weight is 471 g/mol. The van der Waals surface area contributed by atoms with Crippen LogP contribution >= 0.6 is 23.5 Å². The van der Waals surface area contributed by atoms with Crippen molar-refractivity contribution in [2.45, 2.75) is 24.9 Å². The van der Waals surface area contributed by atoms with Gasteiger partial charge >= 0.3 is 22.1 Å². The van der Waals surface area contributed by atoms with Crippen LogP contribution < -0.4 is 11.5 Å². The van der Waals surface area contributed by atoms with Gasteiger partial charge < -0.3 is 19.8 Å². The molecular formula is C12H26N2O7S5. The van der Waals surface area contributed by atoms with Crippen LogP contribution in [0.15, 0.2) is 0 Å². The molecule has 9 nitrogen and oxygen atoms in total. The van der Waals surface area contributed by atoms with Crippen molar-refractivity contribution in [3.8, 4) is 0 Å². The molecule has 14 heteroatoms. The molecule has 0 aliphatic rings. The van der Waals surface area contributed by atoms with Gasteiger partial charge in [0, 0.05) is 12.5 Å². The van der Waals surface area contributed by atoms with Crippen LogP contribution in [0.3, 0.4) is 0 Å². The van der Waals surface area contributed by atoms with Gasteiger partial charge in [-0.3, -0.25) is 0 Å². The second-order valence-electron chi connectivity index (χ2n) is 5.60. The first kappa shape index (κ1) is 26.0. The molecule has 0 amide bonds. The summed E-state index contributed by atoms with van der Waals surface area (Å²) >= 11 is 2.91. The van der Waals surface area contributed by atoms with Crippen LogP contribution in [0.4, 0.5) is 0 Å². The molecule has 2 unspecified atom stereocenters. The maximum atomic E-state index is 12.8. The molecule has 0 heterocycles. The Morgan fingerprint density at radius 2 is 1.42 bits per heavy atom. The van der Waals surface area contributed by atoms with Gasteiger partial charge in [0.1, 0.15) is 12.1 Å². The van der Waals surface area contributed by atoms with Crippen LogP contribution in [0.5, 0.6) is 0 Å². The van der Waals surface area contributed by atoms with Gasteiger partial charge in [-0.2, -0.15) is 31.9 Å². The third-order valence-corrected chi connectivity index (χ3v) is 13.9. The third-order valence-electron chi connectivity index (χ3n) is 2.83. The number of rotatable bonds is 12. The summed E-state index contributed by atoms with van der Waals surface area (Å²) in [4.78, 5) is 23.7. The zero-order chi connectivity index (χ0) is 20.6. The number of hydrogen-bond donors (Lipinski definition) is 2. The van der Waals surface area contributed by atoms with Crippen LogP contribution in [-0.4, -0.2) is 73.2 Å². The van der Waals surface area contributed by atoms with E-state index in [1.165, 1.54) is 23.5 Å². The van der Waals surface area contributed by atoms with Crippen molar-refractivity contribution in [2.75, 3.05) is 36.5 Å². The fourth-order valence-corrected chi connectivity index (χ4v) is 8.60. The molecule has 4 atom stereocenters. The van der Waals surface area contributed by atoms with E-state index in [9.17, 15) is 22.2 Å². The maximum absolute atomic E-state index is 12.8. The van der Waals surface area contributed by atoms with Crippen molar-refractivity contribution in [3.63, 3.8) is 0 Å². The zero-order valence-corrected chi connectivity index (χ0v) is 19.1. The van der Waals surface area contributed by atoms with E-state index in [-0.39, 0.29) is 12.8 Å². The Morgan fingerprint density at radius 1 is 1.00 bits per heavy atom. The van der Waals surface area contributed by atoms with Crippen LogP contribution in [-0.2, 0) is 45.3 Å². The molecular weight excluding hydrogens is 444 g/mol. The van der Waals surface area contributed by atoms with E-state index in [1.807, 2.05) is 12.5 Å². The maximum Gasteiger partial charge on any atom is 0.345 e. The Morgan fingerprint density at radius 3 is 1.85 bits per heavy atom. The molecule has 0 saturated carbocycles. The fraction of sp³-hybridized carbons (Fsp3) is 0.833. The van der Waals surface area contributed by atoms with E-state index >= 15 is 0 Å². The smallest absolute Gasteiger partial charge is 0.345 e. The average Bonchev–Trinajstić information content (AvgIpc) is 2.55. The lowest BCUT2D eigenvalue weighted by Gasteiger charge is -2.36. The van der Waals surface area contributed by atoms with Crippen molar-refractivity contribution >= 4 is 62.8 Å². The van der Waals surface area contributed by atoms with E-state index in [0.717, 1.165) is 12.5 Å². The molecule has 0 spiro atoms. The quantitative estimate of drug-likeness (QED) is 0.353. The fourth-order valence-electron chi connectivity index (χ4n) is 1.36. The molecule has 0 aromatic rings. The summed E-state index contributed by atoms with van der Waals surface area (Å²) in [5, 5.41) is 0. The first-order valence-electron chi connectivity index (χ1n) is 7.25. The lowest BCUT2D eigenvalue weighted by Crippen LogP contribution is -2.46. The van der Waals surface area contributed by atoms with Gasteiger partial charge in [0.2, 0.25) is 0 Å². The largest absolute Gasteiger partial charge is 0.352 e. The second kappa shape index (κ2) is 11.1. The summed E-state index contributed by atoms with van der Waals surface area (Å²) in [6, 6.07) is -2.13. The molecule has 156 valence electrons. The number of nitrogens with two attached hydrogens (primary N) is 2. The Hall–Kier alpha value is 0.01000. The molecule has 0 radical (unpaired) electrons. The Labute approximate surface area is 166 Å². The zero-order valence-electron chi connectivity index (χ0n) is 15.0. The molecule has 0 aliphatic heterocycles. The van der Waals surface area contributed by atoms with Gasteiger partial charge in [0.25, 0.3) is 8.86 Å². The van der Waals surface area contributed by atoms with E-state index in [2.05, 4.69) is 4.18 Å². The van der Waals surface area contributed by atoms with E-state index in [1.54, 1.807) is 0 Å². The molecule has 0 saturated heterocycles. The molecule has 26 heavy (non-hydrogen) atoms. The lowest BCUT2D eigenvalue weighted by molar-refractivity contribution is -0.135. The normalized spacial score (nSPS) is 18.0. The van der Waals surface area contributed by atoms with Gasteiger partial charge in [-0.05, 0) is 36.9 Å². The number of carbonyl (C=O) groups is 2. The molecule has 0 aromatic carbocycles. The highest BCUT2D eigenvalue weighted by molar-refractivity contribution is 9.01. The first-order valence-corrected chi connectivity index (χ1v) is 16.0. The van der Waals surface area contributed by atoms with Gasteiger partial charge in [-0.25, -0.2) is 13.8 Å². The van der Waals surface area contributed by atoms with Gasteiger partial charge in [-0.1, -0.05) is 8.38 Å². The molecule has 0 rings (SSSR count). The molecule has 0 aliphatic carbocycles. The van der Waals surface area contributed by atoms with Crippen molar-refractivity contribution < 1.29 is 30.6 Å². The van der Waals surface area contributed by atoms with Crippen LogP contribution in [0.1, 0.15) is 12.8 Å². The summed E-state index contributed by atoms with van der Waals surface area (Å²) in [6.45, 7) is 0. The molecule has 0 fully saturated rings. The highest BCUT2D eigenvalue weighted by Crippen LogP contribution is 2.28. The minimum absolute atomic E-state index is 0.262. The SMILES string of the molecule is CSCC[C@H](N)C(=O)OS(=O)S(=O)S(C)(C)(=O)OC(=O)[C@@H](N)CCSC. The predicted octanol–water partition coefficient (Wildman–Crippen LogP) is -0.529. The number of carbonyl (C=O) groups excluding carboxylic acids is 2. The van der Waals surface area contributed by atoms with E-state index < -0.39 is 51.4 Å². The van der Waals surface area contributed by atoms with E-state index in [4.69, 9.17) is 15.7 Å². The lowest BCUT2D eigenvalue weighted by atomic mass is 10.2. The van der Waals surface area contributed by atoms with Crippen molar-refractivity contribution in [3.05, 3.63) is 0 Å². The van der Waals surface area contributed by atoms with Crippen LogP contribution in [0, 0.1) is 0 Å². The van der Waals surface area contributed by atoms with Crippen LogP contribution in [0.25, 0.3) is 0 Å². The minimum atomic E-state index is -4.70. The minimum Gasteiger partial charge on any atom is -0.352 e. The van der Waals surface area contributed by atoms with Gasteiger partial charge in [0.05, 0.1) is 0 Å². The molecule has 4 N–H and O–H groups in total. The summed E-state index contributed by atoms with van der Waals surface area (Å²) in [5.74, 6) is -0.943. The molecule has 0 bridgehead atoms. The summed E-state index contributed by atoms with van der Waals surface area (Å²) in [5.41, 5.74) is 11.2. The van der Waals surface area contributed by atoms with Crippen molar-refractivity contribution in [2.24, 2.45) is 11.5 Å². The highest BCUT2D eigenvalue weighted by atomic mass is 33.6. The second-order valence-corrected chi connectivity index (χ2v) is 18.0. The van der Waals surface area contributed by atoms with Gasteiger partial charge in [0.15, 0.2) is 0 Å². The van der Waals surface area contributed by atoms with Crippen LogP contribution in [0.2, 0.25) is 0 Å². The van der Waals surface area contributed by atoms with Crippen molar-refractivity contribution in [1.29, 1.82) is 0 Å². The predicted molar refractivity (Wildman–Crippen MR) is 110 cm³/mol. The van der Waals surface area contributed by atoms with Crippen molar-refractivity contribution in [1.82, 2.24) is 0 Å². The highest BCUT2D eigenvalue weighted by Gasteiger charge is 2.39. The topological polar surface area (TPSA) is 156 Å². The Kier molecular flexibility index (Phi) is 11.1. The van der Waals surface area contributed by atoms with E-state index in [0.29, 0.717) is 11.5 Å². The Bertz CT molecular complexity index is 621. The monoisotopic (exact) mass is 470 g/mol. The molecule has 0 aromatic heterocycles. The first-order chi connectivity index (χ1) is 11.8. The summed E-state index contributed by atoms with van der Waals surface area (Å²) in [6.07, 6.45) is 5.92. The Balaban J connectivity index is 5.01. The summed E-state index contributed by atoms with van der Waals surface area (Å²) < 4.78 is 46.5. The number of hydrogen-bond acceptors (Lipinski definition) is 11.